The number of hydrogen-bond acceptors (Lipinski definition) is 2. The van der Waals surface area contributed by atoms with Gasteiger partial charge in [-0.25, -0.2) is 0 Å². The van der Waals surface area contributed by atoms with Crippen LogP contribution in [0.15, 0.2) is 17.5 Å². The van der Waals surface area contributed by atoms with Gasteiger partial charge in [0.15, 0.2) is 0 Å². The first kappa shape index (κ1) is 7.71. The molecule has 1 nitrogen and oxygen atoms in total. The van der Waals surface area contributed by atoms with Gasteiger partial charge in [-0.1, -0.05) is 0 Å². The van der Waals surface area contributed by atoms with Gasteiger partial charge in [-0.2, -0.15) is 0 Å². The Balaban J connectivity index is 0.000000222. The monoisotopic (exact) mass is 172 g/mol. The van der Waals surface area contributed by atoms with Crippen LogP contribution in [-0.2, 0) is 16.0 Å². The third kappa shape index (κ3) is 2.81. The summed E-state index contributed by atoms with van der Waals surface area (Å²) < 4.78 is 0.947. The number of nitrogens with zero attached hydrogens (tertiary/aromatic N) is 1. The van der Waals surface area contributed by atoms with Crippen LogP contribution in [0.2, 0.25) is 0 Å². The standard InChI is InChI=1S/C4H3S.CN.Cu/c1-2-4-5-3-1;1-2;/h1-3H;;/q;-1;+1. The van der Waals surface area contributed by atoms with E-state index in [0.29, 0.717) is 0 Å². The second-order valence-corrected chi connectivity index (χ2v) is 2.59. The predicted molar refractivity (Wildman–Crippen MR) is 28.9 cm³/mol. The summed E-state index contributed by atoms with van der Waals surface area (Å²) in [4.78, 5) is 0. The van der Waals surface area contributed by atoms with Crippen LogP contribution < -0.4 is 3.78 Å². The van der Waals surface area contributed by atoms with Crippen molar-refractivity contribution < 1.29 is 16.0 Å². The second-order valence-electron chi connectivity index (χ2n) is 0.879. The summed E-state index contributed by atoms with van der Waals surface area (Å²) in [6.07, 6.45) is 0. The summed E-state index contributed by atoms with van der Waals surface area (Å²) in [7, 11) is 0. The normalized spacial score (nSPS) is 7.00. The average molecular weight is 173 g/mol. The zero-order chi connectivity index (χ0) is 6.41. The predicted octanol–water partition coefficient (Wildman–Crippen LogP) is 1.02. The van der Waals surface area contributed by atoms with Gasteiger partial charge in [-0.15, -0.1) is 0 Å². The zero-order valence-electron chi connectivity index (χ0n) is 3.89. The van der Waals surface area contributed by atoms with Crippen LogP contribution in [0.5, 0.6) is 0 Å². The van der Waals surface area contributed by atoms with Crippen molar-refractivity contribution in [2.45, 2.75) is 0 Å². The molecule has 1 aromatic heterocycles. The van der Waals surface area contributed by atoms with Crippen molar-refractivity contribution in [1.82, 2.24) is 0 Å². The molecule has 0 fully saturated rings. The zero-order valence-corrected chi connectivity index (χ0v) is 5.65. The van der Waals surface area contributed by atoms with Crippen molar-refractivity contribution >= 4 is 15.1 Å². The van der Waals surface area contributed by atoms with Crippen LogP contribution in [0.4, 0.5) is 0 Å². The third-order valence-corrected chi connectivity index (χ3v) is 1.59. The Hall–Kier alpha value is -0.291. The van der Waals surface area contributed by atoms with Crippen molar-refractivity contribution in [3.63, 3.8) is 0 Å². The van der Waals surface area contributed by atoms with E-state index >= 15 is 0 Å². The van der Waals surface area contributed by atoms with Crippen LogP contribution in [0.3, 0.4) is 0 Å². The maximum atomic E-state index is 6.25. The van der Waals surface area contributed by atoms with Crippen molar-refractivity contribution in [3.05, 3.63) is 24.1 Å². The van der Waals surface area contributed by atoms with E-state index < -0.39 is 0 Å². The van der Waals surface area contributed by atoms with Gasteiger partial charge < -0.3 is 11.8 Å². The number of thiophene rings is 1. The van der Waals surface area contributed by atoms with E-state index in [1.165, 1.54) is 0 Å². The fourth-order valence-corrected chi connectivity index (χ4v) is 0.963. The van der Waals surface area contributed by atoms with E-state index in [-0.39, 0.29) is 0 Å². The molecule has 0 saturated carbocycles. The van der Waals surface area contributed by atoms with E-state index in [0.717, 1.165) is 3.78 Å². The molecule has 1 aromatic rings. The number of rotatable bonds is 0. The Labute approximate surface area is 60.8 Å². The van der Waals surface area contributed by atoms with E-state index in [9.17, 15) is 0 Å². The first-order valence-electron chi connectivity index (χ1n) is 1.77. The van der Waals surface area contributed by atoms with Gasteiger partial charge in [0.2, 0.25) is 0 Å². The minimum absolute atomic E-state index is 0.947. The molecule has 8 heavy (non-hydrogen) atoms. The molecule has 0 saturated heterocycles. The summed E-state index contributed by atoms with van der Waals surface area (Å²) >= 11 is 6.48. The minimum atomic E-state index is 0.947. The summed E-state index contributed by atoms with van der Waals surface area (Å²) in [6.45, 7) is 4.75. The van der Waals surface area contributed by atoms with Crippen molar-refractivity contribution in [3.8, 4) is 0 Å². The Kier molecular flexibility index (Phi) is 4.68. The van der Waals surface area contributed by atoms with E-state index in [2.05, 4.69) is 0 Å². The summed E-state index contributed by atoms with van der Waals surface area (Å²) in [6, 6.07) is 3.85. The molecule has 0 atom stereocenters. The molecule has 0 bridgehead atoms. The third-order valence-electron chi connectivity index (χ3n) is 0.465. The van der Waals surface area contributed by atoms with Gasteiger partial charge in [-0.3, -0.25) is 0 Å². The molecule has 0 unspecified atom stereocenters. The van der Waals surface area contributed by atoms with Gasteiger partial charge in [0.25, 0.3) is 0 Å². The molecular formula is C5H3CuNS. The van der Waals surface area contributed by atoms with Gasteiger partial charge in [-0.05, 0) is 0 Å². The van der Waals surface area contributed by atoms with Crippen molar-refractivity contribution in [1.29, 1.82) is 5.26 Å². The van der Waals surface area contributed by atoms with Crippen LogP contribution in [0.1, 0.15) is 0 Å². The Morgan fingerprint density at radius 3 is 2.38 bits per heavy atom. The van der Waals surface area contributed by atoms with Crippen LogP contribution in [0, 0.1) is 11.8 Å². The van der Waals surface area contributed by atoms with Crippen molar-refractivity contribution in [2.24, 2.45) is 0 Å². The van der Waals surface area contributed by atoms with E-state index in [1.807, 2.05) is 17.5 Å². The van der Waals surface area contributed by atoms with Gasteiger partial charge in [0.1, 0.15) is 0 Å². The van der Waals surface area contributed by atoms with Crippen LogP contribution >= 0.6 is 11.3 Å². The molecule has 0 aromatic carbocycles. The molecule has 0 aliphatic heterocycles. The average Bonchev–Trinajstić information content (AvgIpc) is 2.24. The van der Waals surface area contributed by atoms with Gasteiger partial charge in [0, 0.05) is 0 Å². The molecule has 0 aliphatic carbocycles. The summed E-state index contributed by atoms with van der Waals surface area (Å²) in [5.41, 5.74) is 0. The molecule has 1 heterocycles. The van der Waals surface area contributed by atoms with Gasteiger partial charge in [0.05, 0.1) is 0 Å². The Morgan fingerprint density at radius 2 is 2.25 bits per heavy atom. The molecule has 0 aliphatic rings. The quantitative estimate of drug-likeness (QED) is 0.424. The van der Waals surface area contributed by atoms with E-state index in [4.69, 9.17) is 27.8 Å². The summed E-state index contributed by atoms with van der Waals surface area (Å²) in [5, 5.41) is 8.22. The molecule has 0 N–H and O–H groups in total. The summed E-state index contributed by atoms with van der Waals surface area (Å²) in [5.74, 6) is 0. The fourth-order valence-electron chi connectivity index (χ4n) is 0.246. The second kappa shape index (κ2) is 4.86. The first-order valence-corrected chi connectivity index (χ1v) is 3.12. The fraction of sp³-hybridized carbons (Fsp3) is 0. The van der Waals surface area contributed by atoms with Crippen LogP contribution in [-0.4, -0.2) is 0 Å². The van der Waals surface area contributed by atoms with Crippen molar-refractivity contribution in [2.75, 3.05) is 0 Å². The maximum absolute atomic E-state index is 6.25. The number of hydrogen-bond donors (Lipinski definition) is 0. The molecule has 45 valence electrons. The SMILES string of the molecule is [C-]#N.[Cu+][c]1cccs1. The topological polar surface area (TPSA) is 23.8 Å². The van der Waals surface area contributed by atoms with Gasteiger partial charge >= 0.3 is 48.6 Å². The Morgan fingerprint density at radius 1 is 1.62 bits per heavy atom. The molecular weight excluding hydrogens is 170 g/mol. The molecule has 0 amide bonds. The molecule has 0 spiro atoms. The van der Waals surface area contributed by atoms with Crippen LogP contribution in [0.25, 0.3) is 0 Å². The van der Waals surface area contributed by atoms with E-state index in [1.54, 1.807) is 11.3 Å². The molecule has 0 radical (unpaired) electrons. The Bertz CT molecular complexity index is 145. The molecule has 1 rings (SSSR count). The first-order chi connectivity index (χ1) is 3.89. The molecule has 3 heteroatoms.